The van der Waals surface area contributed by atoms with Crippen molar-refractivity contribution in [1.82, 2.24) is 4.90 Å². The number of ether oxygens (including phenoxy) is 1. The fourth-order valence-electron chi connectivity index (χ4n) is 7.60. The van der Waals surface area contributed by atoms with Crippen LogP contribution in [0.3, 0.4) is 0 Å². The van der Waals surface area contributed by atoms with E-state index < -0.39 is 0 Å². The van der Waals surface area contributed by atoms with Crippen molar-refractivity contribution in [3.05, 3.63) is 35.9 Å². The monoisotopic (exact) mass is 335 g/mol. The molecule has 0 unspecified atom stereocenters. The highest BCUT2D eigenvalue weighted by Crippen LogP contribution is 2.63. The van der Waals surface area contributed by atoms with Gasteiger partial charge in [-0.2, -0.15) is 0 Å². The second-order valence-corrected chi connectivity index (χ2v) is 9.30. The van der Waals surface area contributed by atoms with Crippen LogP contribution in [0.4, 0.5) is 0 Å². The average molecular weight is 335 g/mol. The van der Waals surface area contributed by atoms with Gasteiger partial charge in [-0.05, 0) is 93.2 Å². The van der Waals surface area contributed by atoms with Gasteiger partial charge < -0.3 is 9.64 Å². The van der Waals surface area contributed by atoms with Gasteiger partial charge in [0.2, 0.25) is 0 Å². The second-order valence-electron chi connectivity index (χ2n) is 9.30. The lowest BCUT2D eigenvalue weighted by molar-refractivity contribution is -0.131. The first kappa shape index (κ1) is 14.7. The Hall–Kier alpha value is -1.44. The molecular weight excluding hydrogens is 306 g/mol. The zero-order chi connectivity index (χ0) is 16.4. The van der Waals surface area contributed by atoms with Crippen molar-refractivity contribution in [3.8, 4) is 5.75 Å². The van der Waals surface area contributed by atoms with Gasteiger partial charge in [0.1, 0.15) is 12.4 Å². The summed E-state index contributed by atoms with van der Waals surface area (Å²) in [5, 5.41) is 0. The van der Waals surface area contributed by atoms with E-state index in [0.717, 1.165) is 36.0 Å². The minimum atomic E-state index is 0.460. The summed E-state index contributed by atoms with van der Waals surface area (Å²) in [4.78, 5) is 2.91. The van der Waals surface area contributed by atoms with Crippen LogP contribution in [-0.4, -0.2) is 23.6 Å². The molecular formula is C23H29NO. The molecule has 5 fully saturated rings. The Bertz CT molecular complexity index is 693. The third kappa shape index (κ3) is 1.97. The topological polar surface area (TPSA) is 12.5 Å². The molecule has 0 atom stereocenters. The summed E-state index contributed by atoms with van der Waals surface area (Å²) < 4.78 is 5.94. The van der Waals surface area contributed by atoms with Crippen molar-refractivity contribution in [1.29, 1.82) is 0 Å². The second kappa shape index (κ2) is 5.28. The molecule has 2 nitrogen and oxygen atoms in total. The molecule has 132 valence electrons. The number of hydrogen-bond acceptors (Lipinski definition) is 2. The molecule has 2 heteroatoms. The molecule has 2 aliphatic heterocycles. The SMILES string of the molecule is C1=C(N2CCCCC23C2CC4CC(C2)CC3C4)c2ccccc2OC1. The first-order valence-electron chi connectivity index (χ1n) is 10.5. The largest absolute Gasteiger partial charge is 0.489 e. The fraction of sp³-hybridized carbons (Fsp3) is 0.652. The Morgan fingerprint density at radius 3 is 2.48 bits per heavy atom. The summed E-state index contributed by atoms with van der Waals surface area (Å²) in [5.74, 6) is 5.07. The van der Waals surface area contributed by atoms with E-state index in [0.29, 0.717) is 5.54 Å². The maximum absolute atomic E-state index is 5.94. The van der Waals surface area contributed by atoms with E-state index in [-0.39, 0.29) is 0 Å². The van der Waals surface area contributed by atoms with Gasteiger partial charge >= 0.3 is 0 Å². The number of likely N-dealkylation sites (tertiary alicyclic amines) is 1. The Kier molecular flexibility index (Phi) is 3.11. The molecule has 0 radical (unpaired) electrons. The third-order valence-corrected chi connectivity index (χ3v) is 8.23. The average Bonchev–Trinajstić information content (AvgIpc) is 2.65. The highest BCUT2D eigenvalue weighted by molar-refractivity contribution is 5.71. The fourth-order valence-corrected chi connectivity index (χ4v) is 7.60. The Labute approximate surface area is 151 Å². The van der Waals surface area contributed by atoms with Gasteiger partial charge in [0, 0.05) is 23.3 Å². The van der Waals surface area contributed by atoms with Gasteiger partial charge in [-0.15, -0.1) is 0 Å². The summed E-state index contributed by atoms with van der Waals surface area (Å²) in [6, 6.07) is 8.71. The molecule has 1 aromatic rings. The van der Waals surface area contributed by atoms with Crippen molar-refractivity contribution in [2.45, 2.75) is 56.9 Å². The molecule has 2 heterocycles. The molecule has 1 aromatic carbocycles. The first-order valence-corrected chi connectivity index (χ1v) is 10.5. The molecule has 4 aliphatic carbocycles. The molecule has 0 aromatic heterocycles. The third-order valence-electron chi connectivity index (χ3n) is 8.23. The number of para-hydroxylation sites is 1. The molecule has 25 heavy (non-hydrogen) atoms. The number of fused-ring (bicyclic) bond motifs is 1. The molecule has 4 saturated carbocycles. The van der Waals surface area contributed by atoms with Crippen LogP contribution in [-0.2, 0) is 0 Å². The lowest BCUT2D eigenvalue weighted by Crippen LogP contribution is -2.66. The lowest BCUT2D eigenvalue weighted by Gasteiger charge is -2.67. The maximum Gasteiger partial charge on any atom is 0.129 e. The predicted molar refractivity (Wildman–Crippen MR) is 100 cm³/mol. The van der Waals surface area contributed by atoms with Crippen LogP contribution >= 0.6 is 0 Å². The summed E-state index contributed by atoms with van der Waals surface area (Å²) in [5.41, 5.74) is 3.29. The van der Waals surface area contributed by atoms with E-state index in [1.54, 1.807) is 6.42 Å². The maximum atomic E-state index is 5.94. The zero-order valence-electron chi connectivity index (χ0n) is 15.1. The van der Waals surface area contributed by atoms with Gasteiger partial charge in [0.25, 0.3) is 0 Å². The highest BCUT2D eigenvalue weighted by Gasteiger charge is 2.60. The Balaban J connectivity index is 1.45. The van der Waals surface area contributed by atoms with Crippen LogP contribution in [0, 0.1) is 23.7 Å². The minimum Gasteiger partial charge on any atom is -0.489 e. The van der Waals surface area contributed by atoms with E-state index in [9.17, 15) is 0 Å². The van der Waals surface area contributed by atoms with Crippen molar-refractivity contribution in [3.63, 3.8) is 0 Å². The number of nitrogens with zero attached hydrogens (tertiary/aromatic N) is 1. The van der Waals surface area contributed by atoms with E-state index in [1.165, 1.54) is 62.8 Å². The van der Waals surface area contributed by atoms with Crippen LogP contribution < -0.4 is 4.74 Å². The molecule has 0 N–H and O–H groups in total. The Morgan fingerprint density at radius 1 is 0.920 bits per heavy atom. The van der Waals surface area contributed by atoms with Crippen molar-refractivity contribution >= 4 is 5.70 Å². The summed E-state index contributed by atoms with van der Waals surface area (Å²) >= 11 is 0. The predicted octanol–water partition coefficient (Wildman–Crippen LogP) is 5.10. The van der Waals surface area contributed by atoms with Gasteiger partial charge in [0.05, 0.1) is 0 Å². The number of piperidine rings is 1. The van der Waals surface area contributed by atoms with Crippen LogP contribution in [0.15, 0.2) is 30.3 Å². The zero-order valence-corrected chi connectivity index (χ0v) is 15.1. The van der Waals surface area contributed by atoms with Crippen molar-refractivity contribution in [2.75, 3.05) is 13.2 Å². The van der Waals surface area contributed by atoms with Crippen LogP contribution in [0.25, 0.3) is 5.70 Å². The number of rotatable bonds is 1. The molecule has 6 aliphatic rings. The van der Waals surface area contributed by atoms with E-state index >= 15 is 0 Å². The molecule has 0 amide bonds. The standard InChI is InChI=1S/C23H29NO/c1-2-6-22-20(5-1)21(7-10-25-22)24-9-4-3-8-23(24)18-12-16-11-17(14-18)15-19(23)13-16/h1-2,5-7,16-19H,3-4,8-15H2. The number of hydrogen-bond donors (Lipinski definition) is 0. The van der Waals surface area contributed by atoms with Gasteiger partial charge in [0.15, 0.2) is 0 Å². The van der Waals surface area contributed by atoms with E-state index in [4.69, 9.17) is 4.74 Å². The van der Waals surface area contributed by atoms with Gasteiger partial charge in [-0.3, -0.25) is 0 Å². The van der Waals surface area contributed by atoms with Gasteiger partial charge in [-0.25, -0.2) is 0 Å². The number of benzene rings is 1. The van der Waals surface area contributed by atoms with Crippen LogP contribution in [0.1, 0.15) is 56.9 Å². The lowest BCUT2D eigenvalue weighted by atomic mass is 9.46. The quantitative estimate of drug-likeness (QED) is 0.708. The molecule has 4 bridgehead atoms. The summed E-state index contributed by atoms with van der Waals surface area (Å²) in [6.07, 6.45) is 14.2. The summed E-state index contributed by atoms with van der Waals surface area (Å²) in [6.45, 7) is 1.99. The highest BCUT2D eigenvalue weighted by atomic mass is 16.5. The normalized spacial score (nSPS) is 41.4. The molecule has 1 spiro atoms. The summed E-state index contributed by atoms with van der Waals surface area (Å²) in [7, 11) is 0. The van der Waals surface area contributed by atoms with Crippen molar-refractivity contribution in [2.24, 2.45) is 23.7 Å². The van der Waals surface area contributed by atoms with Gasteiger partial charge in [-0.1, -0.05) is 12.1 Å². The van der Waals surface area contributed by atoms with E-state index in [1.807, 2.05) is 0 Å². The van der Waals surface area contributed by atoms with Crippen molar-refractivity contribution < 1.29 is 4.74 Å². The first-order chi connectivity index (χ1) is 12.3. The van der Waals surface area contributed by atoms with Crippen LogP contribution in [0.2, 0.25) is 0 Å². The van der Waals surface area contributed by atoms with E-state index in [2.05, 4.69) is 35.2 Å². The molecule has 7 rings (SSSR count). The Morgan fingerprint density at radius 2 is 1.68 bits per heavy atom. The minimum absolute atomic E-state index is 0.460. The van der Waals surface area contributed by atoms with Crippen LogP contribution in [0.5, 0.6) is 5.75 Å². The molecule has 1 saturated heterocycles. The smallest absolute Gasteiger partial charge is 0.129 e.